The quantitative estimate of drug-likeness (QED) is 0.498. The number of benzene rings is 1. The molecule has 1 fully saturated rings. The largest absolute Gasteiger partial charge is 0.393 e. The predicted molar refractivity (Wildman–Crippen MR) is 121 cm³/mol. The summed E-state index contributed by atoms with van der Waals surface area (Å²) in [6, 6.07) is 12.2. The maximum Gasteiger partial charge on any atom is 0.164 e. The molecule has 0 saturated carbocycles. The van der Waals surface area contributed by atoms with Gasteiger partial charge in [-0.3, -0.25) is 0 Å². The molecule has 4 aromatic rings. The lowest BCUT2D eigenvalue weighted by Crippen LogP contribution is -2.37. The highest BCUT2D eigenvalue weighted by atomic mass is 16.5. The summed E-state index contributed by atoms with van der Waals surface area (Å²) < 4.78 is 14.7. The SMILES string of the molecule is CO[C@@H](CO)c1nc(N2CCOCC2)cc(-n2ccc(-c3cn(C)c4ccccc34)n2)n1. The normalized spacial score (nSPS) is 15.4. The number of aliphatic hydroxyl groups excluding tert-OH is 1. The van der Waals surface area contributed by atoms with Crippen molar-refractivity contribution < 1.29 is 14.6 Å². The molecule has 9 nitrogen and oxygen atoms in total. The topological polar surface area (TPSA) is 90.5 Å². The molecule has 0 unspecified atom stereocenters. The highest BCUT2D eigenvalue weighted by Crippen LogP contribution is 2.29. The summed E-state index contributed by atoms with van der Waals surface area (Å²) in [5.41, 5.74) is 3.08. The molecule has 5 rings (SSSR count). The Kier molecular flexibility index (Phi) is 5.60. The number of rotatable bonds is 6. The molecule has 0 spiro atoms. The van der Waals surface area contributed by atoms with Crippen LogP contribution in [0, 0.1) is 0 Å². The highest BCUT2D eigenvalue weighted by molar-refractivity contribution is 5.95. The maximum absolute atomic E-state index is 9.73. The summed E-state index contributed by atoms with van der Waals surface area (Å²) in [4.78, 5) is 11.5. The minimum absolute atomic E-state index is 0.205. The van der Waals surface area contributed by atoms with Crippen LogP contribution in [0.25, 0.3) is 28.0 Å². The van der Waals surface area contributed by atoms with Crippen LogP contribution < -0.4 is 4.90 Å². The summed E-state index contributed by atoms with van der Waals surface area (Å²) in [7, 11) is 3.58. The van der Waals surface area contributed by atoms with Crippen LogP contribution in [0.4, 0.5) is 5.82 Å². The number of aryl methyl sites for hydroxylation is 1. The van der Waals surface area contributed by atoms with E-state index in [0.29, 0.717) is 24.9 Å². The molecule has 166 valence electrons. The Balaban J connectivity index is 1.57. The van der Waals surface area contributed by atoms with Crippen LogP contribution in [0.3, 0.4) is 0 Å². The second-order valence-corrected chi connectivity index (χ2v) is 7.77. The molecule has 1 atom stereocenters. The second kappa shape index (κ2) is 8.70. The summed E-state index contributed by atoms with van der Waals surface area (Å²) in [5.74, 6) is 1.82. The van der Waals surface area contributed by atoms with Gasteiger partial charge in [0.05, 0.1) is 25.5 Å². The Labute approximate surface area is 185 Å². The molecule has 0 amide bonds. The average molecular weight is 435 g/mol. The van der Waals surface area contributed by atoms with Crippen LogP contribution in [-0.2, 0) is 16.5 Å². The number of nitrogens with zero attached hydrogens (tertiary/aromatic N) is 6. The van der Waals surface area contributed by atoms with Gasteiger partial charge in [0.15, 0.2) is 11.6 Å². The lowest BCUT2D eigenvalue weighted by Gasteiger charge is -2.28. The second-order valence-electron chi connectivity index (χ2n) is 7.77. The third-order valence-corrected chi connectivity index (χ3v) is 5.79. The van der Waals surface area contributed by atoms with Gasteiger partial charge in [-0.25, -0.2) is 14.6 Å². The predicted octanol–water partition coefficient (Wildman–Crippen LogP) is 2.34. The van der Waals surface area contributed by atoms with Crippen molar-refractivity contribution in [2.45, 2.75) is 6.10 Å². The van der Waals surface area contributed by atoms with Crippen molar-refractivity contribution in [1.82, 2.24) is 24.3 Å². The van der Waals surface area contributed by atoms with Gasteiger partial charge in [0.2, 0.25) is 0 Å². The molecule has 1 aromatic carbocycles. The average Bonchev–Trinajstić information content (AvgIpc) is 3.46. The van der Waals surface area contributed by atoms with Gasteiger partial charge in [0, 0.05) is 62.2 Å². The van der Waals surface area contributed by atoms with Crippen LogP contribution in [0.5, 0.6) is 0 Å². The van der Waals surface area contributed by atoms with Crippen LogP contribution in [-0.4, -0.2) is 69.4 Å². The first-order chi connectivity index (χ1) is 15.7. The van der Waals surface area contributed by atoms with Gasteiger partial charge in [0.1, 0.15) is 11.9 Å². The lowest BCUT2D eigenvalue weighted by atomic mass is 10.1. The molecule has 1 N–H and O–H groups in total. The number of aliphatic hydroxyl groups is 1. The first-order valence-corrected chi connectivity index (χ1v) is 10.6. The molecule has 9 heteroatoms. The minimum Gasteiger partial charge on any atom is -0.393 e. The summed E-state index contributed by atoms with van der Waals surface area (Å²) in [6.45, 7) is 2.58. The molecule has 1 saturated heterocycles. The van der Waals surface area contributed by atoms with Gasteiger partial charge in [-0.05, 0) is 12.1 Å². The van der Waals surface area contributed by atoms with Crippen molar-refractivity contribution in [2.24, 2.45) is 7.05 Å². The van der Waals surface area contributed by atoms with E-state index < -0.39 is 6.10 Å². The molecule has 4 heterocycles. The molecular formula is C23H26N6O3. The zero-order valence-electron chi connectivity index (χ0n) is 18.2. The smallest absolute Gasteiger partial charge is 0.164 e. The van der Waals surface area contributed by atoms with Gasteiger partial charge in [-0.2, -0.15) is 5.10 Å². The molecule has 0 bridgehead atoms. The molecule has 3 aromatic heterocycles. The number of fused-ring (bicyclic) bond motifs is 1. The van der Waals surface area contributed by atoms with Crippen molar-refractivity contribution in [3.05, 3.63) is 54.6 Å². The Morgan fingerprint density at radius 3 is 2.69 bits per heavy atom. The van der Waals surface area contributed by atoms with E-state index in [1.54, 1.807) is 4.68 Å². The van der Waals surface area contributed by atoms with Gasteiger partial charge >= 0.3 is 0 Å². The summed E-state index contributed by atoms with van der Waals surface area (Å²) in [5, 5.41) is 15.7. The van der Waals surface area contributed by atoms with E-state index >= 15 is 0 Å². The van der Waals surface area contributed by atoms with Crippen molar-refractivity contribution >= 4 is 16.7 Å². The van der Waals surface area contributed by atoms with E-state index in [2.05, 4.69) is 37.8 Å². The van der Waals surface area contributed by atoms with E-state index in [1.807, 2.05) is 37.5 Å². The third-order valence-electron chi connectivity index (χ3n) is 5.79. The number of anilines is 1. The van der Waals surface area contributed by atoms with Crippen LogP contribution in [0.2, 0.25) is 0 Å². The monoisotopic (exact) mass is 434 g/mol. The third kappa shape index (κ3) is 3.75. The Morgan fingerprint density at radius 1 is 1.12 bits per heavy atom. The van der Waals surface area contributed by atoms with E-state index in [1.165, 1.54) is 7.11 Å². The van der Waals surface area contributed by atoms with Gasteiger partial charge in [-0.15, -0.1) is 0 Å². The Bertz CT molecular complexity index is 1220. The number of methoxy groups -OCH3 is 1. The van der Waals surface area contributed by atoms with Crippen molar-refractivity contribution in [3.63, 3.8) is 0 Å². The first kappa shape index (κ1) is 20.6. The standard InChI is InChI=1S/C23H26N6O3/c1-27-14-17(16-5-3-4-6-19(16)27)18-7-8-29(26-18)22-13-21(28-9-11-32-12-10-28)24-23(25-22)20(15-30)31-2/h3-8,13-14,20,30H,9-12,15H2,1-2H3/t20-/m0/s1. The molecule has 0 aliphatic carbocycles. The highest BCUT2D eigenvalue weighted by Gasteiger charge is 2.21. The zero-order valence-corrected chi connectivity index (χ0v) is 18.2. The summed E-state index contributed by atoms with van der Waals surface area (Å²) >= 11 is 0. The molecule has 1 aliphatic rings. The van der Waals surface area contributed by atoms with Crippen LogP contribution in [0.15, 0.2) is 48.8 Å². The van der Waals surface area contributed by atoms with E-state index in [4.69, 9.17) is 14.6 Å². The molecular weight excluding hydrogens is 408 g/mol. The van der Waals surface area contributed by atoms with Crippen molar-refractivity contribution in [1.29, 1.82) is 0 Å². The Hall–Kier alpha value is -3.27. The van der Waals surface area contributed by atoms with Crippen LogP contribution >= 0.6 is 0 Å². The van der Waals surface area contributed by atoms with Gasteiger partial charge in [-0.1, -0.05) is 18.2 Å². The number of ether oxygens (including phenoxy) is 2. The molecule has 1 aliphatic heterocycles. The summed E-state index contributed by atoms with van der Waals surface area (Å²) in [6.07, 6.45) is 3.38. The van der Waals surface area contributed by atoms with Gasteiger partial charge < -0.3 is 24.0 Å². The zero-order chi connectivity index (χ0) is 22.1. The van der Waals surface area contributed by atoms with E-state index in [-0.39, 0.29) is 6.61 Å². The number of para-hydroxylation sites is 1. The fourth-order valence-corrected chi connectivity index (χ4v) is 4.06. The van der Waals surface area contributed by atoms with Crippen LogP contribution in [0.1, 0.15) is 11.9 Å². The first-order valence-electron chi connectivity index (χ1n) is 10.6. The van der Waals surface area contributed by atoms with Crippen molar-refractivity contribution in [3.8, 4) is 17.1 Å². The number of aromatic nitrogens is 5. The minimum atomic E-state index is -0.608. The molecule has 32 heavy (non-hydrogen) atoms. The lowest BCUT2D eigenvalue weighted by molar-refractivity contribution is 0.0422. The molecule has 0 radical (unpaired) electrons. The fraction of sp³-hybridized carbons (Fsp3) is 0.348. The fourth-order valence-electron chi connectivity index (χ4n) is 4.06. The van der Waals surface area contributed by atoms with Crippen molar-refractivity contribution in [2.75, 3.05) is 44.9 Å². The maximum atomic E-state index is 9.73. The van der Waals surface area contributed by atoms with E-state index in [0.717, 1.165) is 41.1 Å². The van der Waals surface area contributed by atoms with E-state index in [9.17, 15) is 5.11 Å². The Morgan fingerprint density at radius 2 is 1.91 bits per heavy atom. The number of hydrogen-bond acceptors (Lipinski definition) is 7. The van der Waals surface area contributed by atoms with Gasteiger partial charge in [0.25, 0.3) is 0 Å². The number of hydrogen-bond donors (Lipinski definition) is 1. The number of morpholine rings is 1.